The van der Waals surface area contributed by atoms with Crippen molar-refractivity contribution in [2.75, 3.05) is 11.9 Å². The van der Waals surface area contributed by atoms with Crippen molar-refractivity contribution in [3.05, 3.63) is 76.0 Å². The number of hydrogen-bond acceptors (Lipinski definition) is 3. The molecule has 0 bridgehead atoms. The lowest BCUT2D eigenvalue weighted by Gasteiger charge is -2.23. The Kier molecular flexibility index (Phi) is 5.39. The van der Waals surface area contributed by atoms with Gasteiger partial charge in [-0.1, -0.05) is 49.1 Å². The molecule has 3 nitrogen and oxygen atoms in total. The molecule has 2 aromatic heterocycles. The number of benzene rings is 1. The first-order chi connectivity index (χ1) is 12.1. The van der Waals surface area contributed by atoms with Gasteiger partial charge in [0, 0.05) is 30.6 Å². The Morgan fingerprint density at radius 1 is 1.27 bits per heavy atom. The van der Waals surface area contributed by atoms with Crippen LogP contribution in [0.25, 0.3) is 22.0 Å². The van der Waals surface area contributed by atoms with Gasteiger partial charge in [-0.15, -0.1) is 0 Å². The molecule has 3 aromatic rings. The van der Waals surface area contributed by atoms with Crippen molar-refractivity contribution >= 4 is 55.0 Å². The predicted octanol–water partition coefficient (Wildman–Crippen LogP) is 5.58. The molecule has 4 rings (SSSR count). The van der Waals surface area contributed by atoms with Crippen LogP contribution in [0.4, 0.5) is 5.69 Å². The molecule has 0 radical (unpaired) electrons. The summed E-state index contributed by atoms with van der Waals surface area (Å²) in [5.74, 6) is 0. The zero-order valence-corrected chi connectivity index (χ0v) is 16.4. The van der Waals surface area contributed by atoms with E-state index >= 15 is 0 Å². The summed E-state index contributed by atoms with van der Waals surface area (Å²) in [6, 6.07) is 10.6. The van der Waals surface area contributed by atoms with E-state index in [2.05, 4.69) is 88.7 Å². The lowest BCUT2D eigenvalue weighted by atomic mass is 10.00. The molecule has 0 N–H and O–H groups in total. The highest BCUT2D eigenvalue weighted by Gasteiger charge is 2.14. The van der Waals surface area contributed by atoms with Gasteiger partial charge in [-0.05, 0) is 44.7 Å². The fourth-order valence-electron chi connectivity index (χ4n) is 2.93. The van der Waals surface area contributed by atoms with Crippen LogP contribution in [0.1, 0.15) is 18.0 Å². The molecule has 0 spiro atoms. The van der Waals surface area contributed by atoms with Crippen LogP contribution in [-0.4, -0.2) is 12.0 Å². The Labute approximate surface area is 166 Å². The highest BCUT2D eigenvalue weighted by atomic mass is 79.9. The number of rotatable bonds is 2. The van der Waals surface area contributed by atoms with E-state index in [0.717, 1.165) is 15.1 Å². The zero-order valence-electron chi connectivity index (χ0n) is 14.0. The molecule has 0 unspecified atom stereocenters. The third-order valence-electron chi connectivity index (χ3n) is 4.16. The van der Waals surface area contributed by atoms with Gasteiger partial charge in [-0.3, -0.25) is 0 Å². The fourth-order valence-corrected chi connectivity index (χ4v) is 4.59. The molecule has 1 aromatic carbocycles. The van der Waals surface area contributed by atoms with Crippen LogP contribution < -0.4 is 9.47 Å². The summed E-state index contributed by atoms with van der Waals surface area (Å²) < 4.78 is 4.28. The molecule has 0 amide bonds. The van der Waals surface area contributed by atoms with Crippen molar-refractivity contribution in [2.24, 2.45) is 7.05 Å². The zero-order chi connectivity index (χ0) is 17.4. The average molecular weight is 427 g/mol. The summed E-state index contributed by atoms with van der Waals surface area (Å²) in [6.45, 7) is 0. The maximum Gasteiger partial charge on any atom is 0.342 e. The second kappa shape index (κ2) is 7.56. The minimum Gasteiger partial charge on any atom is -0.351 e. The molecular formula is C21H21BrN3S+. The number of hydrogen-bond donors (Lipinski definition) is 0. The number of pyridine rings is 1. The third-order valence-corrected chi connectivity index (χ3v) is 5.55. The normalized spacial score (nSPS) is 14.9. The minimum absolute atomic E-state index is 0. The van der Waals surface area contributed by atoms with E-state index in [1.165, 1.54) is 21.5 Å². The lowest BCUT2D eigenvalue weighted by Crippen LogP contribution is -2.28. The summed E-state index contributed by atoms with van der Waals surface area (Å²) in [4.78, 5) is 6.85. The molecule has 132 valence electrons. The van der Waals surface area contributed by atoms with E-state index in [4.69, 9.17) is 4.98 Å². The number of thiazole rings is 1. The molecule has 0 atom stereocenters. The van der Waals surface area contributed by atoms with Crippen molar-refractivity contribution in [3.8, 4) is 0 Å². The van der Waals surface area contributed by atoms with Crippen molar-refractivity contribution in [3.63, 3.8) is 0 Å². The Morgan fingerprint density at radius 2 is 2.08 bits per heavy atom. The Balaban J connectivity index is 0.00000196. The van der Waals surface area contributed by atoms with Crippen LogP contribution in [0.3, 0.4) is 0 Å². The van der Waals surface area contributed by atoms with Gasteiger partial charge in [-0.2, -0.15) is 0 Å². The number of para-hydroxylation sites is 1. The first kappa shape index (κ1) is 18.5. The average Bonchev–Trinajstić information content (AvgIpc) is 3.00. The molecule has 1 aliphatic heterocycles. The van der Waals surface area contributed by atoms with Gasteiger partial charge in [0.15, 0.2) is 0 Å². The number of anilines is 1. The van der Waals surface area contributed by atoms with Crippen LogP contribution in [0, 0.1) is 0 Å². The van der Waals surface area contributed by atoms with E-state index in [9.17, 15) is 0 Å². The molecule has 0 saturated heterocycles. The Morgan fingerprint density at radius 3 is 2.92 bits per heavy atom. The monoisotopic (exact) mass is 426 g/mol. The predicted molar refractivity (Wildman–Crippen MR) is 116 cm³/mol. The maximum absolute atomic E-state index is 4.71. The van der Waals surface area contributed by atoms with Gasteiger partial charge in [0.1, 0.15) is 10.9 Å². The number of aromatic nitrogens is 2. The van der Waals surface area contributed by atoms with Crippen molar-refractivity contribution < 1.29 is 4.57 Å². The fraction of sp³-hybridized carbons (Fsp3) is 0.143. The Hall–Kier alpha value is -2.24. The van der Waals surface area contributed by atoms with E-state index in [1.54, 1.807) is 11.3 Å². The maximum atomic E-state index is 4.71. The van der Waals surface area contributed by atoms with Crippen molar-refractivity contribution in [2.45, 2.75) is 7.43 Å². The smallest absolute Gasteiger partial charge is 0.342 e. The molecule has 0 fully saturated rings. The summed E-state index contributed by atoms with van der Waals surface area (Å²) in [7, 11) is 4.09. The molecule has 1 aliphatic rings. The number of halogens is 1. The van der Waals surface area contributed by atoms with Gasteiger partial charge in [0.2, 0.25) is 5.01 Å². The van der Waals surface area contributed by atoms with E-state index in [1.807, 2.05) is 17.8 Å². The topological polar surface area (TPSA) is 20.0 Å². The number of aryl methyl sites for hydroxylation is 1. The van der Waals surface area contributed by atoms with Gasteiger partial charge >= 0.3 is 5.65 Å². The standard InChI is InChI=1S/C20H17BrN3S.CH4/c1-23-11-10-14(16-7-3-4-8-17(16)23)6-5-9-19-22-20-18(25-19)12-15(21)13-24(20)2;/h3-13H,1-2H3;1H4/q+1;. The lowest BCUT2D eigenvalue weighted by molar-refractivity contribution is -0.647. The second-order valence-corrected chi connectivity index (χ2v) is 7.91. The number of fused-ring (bicyclic) bond motifs is 2. The minimum atomic E-state index is 0. The van der Waals surface area contributed by atoms with E-state index in [0.29, 0.717) is 0 Å². The Bertz CT molecular complexity index is 1050. The van der Waals surface area contributed by atoms with Gasteiger partial charge in [-0.25, -0.2) is 4.57 Å². The first-order valence-corrected chi connectivity index (χ1v) is 9.57. The largest absolute Gasteiger partial charge is 0.351 e. The molecule has 0 aliphatic carbocycles. The van der Waals surface area contributed by atoms with Crippen LogP contribution in [0.5, 0.6) is 0 Å². The summed E-state index contributed by atoms with van der Waals surface area (Å²) in [6.07, 6.45) is 12.6. The molecular weight excluding hydrogens is 406 g/mol. The van der Waals surface area contributed by atoms with Gasteiger partial charge in [0.25, 0.3) is 0 Å². The number of allylic oxidation sites excluding steroid dienone is 4. The van der Waals surface area contributed by atoms with E-state index < -0.39 is 0 Å². The summed E-state index contributed by atoms with van der Waals surface area (Å²) in [5.41, 5.74) is 4.68. The third kappa shape index (κ3) is 3.50. The first-order valence-electron chi connectivity index (χ1n) is 7.96. The van der Waals surface area contributed by atoms with Crippen LogP contribution in [0.2, 0.25) is 0 Å². The summed E-state index contributed by atoms with van der Waals surface area (Å²) in [5, 5.41) is 1.01. The summed E-state index contributed by atoms with van der Waals surface area (Å²) >= 11 is 5.23. The van der Waals surface area contributed by atoms with Crippen LogP contribution in [0.15, 0.2) is 65.4 Å². The second-order valence-electron chi connectivity index (χ2n) is 5.93. The van der Waals surface area contributed by atoms with Gasteiger partial charge < -0.3 is 4.90 Å². The molecule has 5 heteroatoms. The quantitative estimate of drug-likeness (QED) is 0.498. The van der Waals surface area contributed by atoms with Crippen LogP contribution in [-0.2, 0) is 7.05 Å². The molecule has 0 saturated carbocycles. The van der Waals surface area contributed by atoms with E-state index in [-0.39, 0.29) is 7.43 Å². The highest BCUT2D eigenvalue weighted by molar-refractivity contribution is 9.10. The van der Waals surface area contributed by atoms with Crippen molar-refractivity contribution in [1.29, 1.82) is 0 Å². The SMILES string of the molecule is C.CN1C=C/C(=C\C=C\c2nc3c(cc(Br)c[n+]3C)s2)c2ccccc21. The molecule has 26 heavy (non-hydrogen) atoms. The highest BCUT2D eigenvalue weighted by Crippen LogP contribution is 2.31. The van der Waals surface area contributed by atoms with Crippen molar-refractivity contribution in [1.82, 2.24) is 4.98 Å². The van der Waals surface area contributed by atoms with Gasteiger partial charge in [0.05, 0.1) is 11.5 Å². The van der Waals surface area contributed by atoms with Crippen LogP contribution >= 0.6 is 27.3 Å². The number of nitrogens with zero attached hydrogens (tertiary/aromatic N) is 3. The molecule has 3 heterocycles.